The molecule has 0 radical (unpaired) electrons. The Bertz CT molecular complexity index is 261. The quantitative estimate of drug-likeness (QED) is 0.740. The highest BCUT2D eigenvalue weighted by atomic mass is 35.5. The van der Waals surface area contributed by atoms with Gasteiger partial charge in [0.15, 0.2) is 0 Å². The van der Waals surface area contributed by atoms with Crippen molar-refractivity contribution in [2.24, 2.45) is 0 Å². The van der Waals surface area contributed by atoms with E-state index in [0.29, 0.717) is 5.02 Å². The zero-order chi connectivity index (χ0) is 10.4. The number of nitrogens with one attached hydrogen (secondary N) is 1. The zero-order valence-corrected chi connectivity index (χ0v) is 8.96. The second-order valence-electron chi connectivity index (χ2n) is 3.28. The maximum atomic E-state index is 9.03. The van der Waals surface area contributed by atoms with Crippen molar-refractivity contribution in [3.63, 3.8) is 0 Å². The van der Waals surface area contributed by atoms with Crippen LogP contribution >= 0.6 is 11.6 Å². The Kier molecular flexibility index (Phi) is 4.70. The van der Waals surface area contributed by atoms with Gasteiger partial charge in [0, 0.05) is 12.7 Å². The molecular weight excluding hydrogens is 200 g/mol. The number of nitrogens with zero attached hydrogens (tertiary/aromatic N) is 1. The highest BCUT2D eigenvalue weighted by molar-refractivity contribution is 6.30. The molecule has 1 unspecified atom stereocenters. The van der Waals surface area contributed by atoms with E-state index in [2.05, 4.69) is 10.3 Å². The lowest BCUT2D eigenvalue weighted by Crippen LogP contribution is -2.07. The summed E-state index contributed by atoms with van der Waals surface area (Å²) < 4.78 is 0. The third kappa shape index (κ3) is 4.44. The van der Waals surface area contributed by atoms with Crippen molar-refractivity contribution in [1.82, 2.24) is 4.98 Å². The number of hydrogen-bond acceptors (Lipinski definition) is 3. The van der Waals surface area contributed by atoms with Crippen molar-refractivity contribution >= 4 is 17.4 Å². The standard InChI is InChI=1S/C10H15ClN2O/c1-8(14)3-2-6-12-10-5-4-9(11)7-13-10/h4-5,7-8,14H,2-3,6H2,1H3,(H,12,13). The Morgan fingerprint density at radius 1 is 1.57 bits per heavy atom. The maximum absolute atomic E-state index is 9.03. The molecule has 0 aliphatic carbocycles. The molecular formula is C10H15ClN2O. The normalized spacial score (nSPS) is 12.5. The fraction of sp³-hybridized carbons (Fsp3) is 0.500. The Hall–Kier alpha value is -0.800. The summed E-state index contributed by atoms with van der Waals surface area (Å²) in [5.41, 5.74) is 0. The minimum atomic E-state index is -0.227. The molecule has 1 rings (SSSR count). The van der Waals surface area contributed by atoms with E-state index in [4.69, 9.17) is 16.7 Å². The van der Waals surface area contributed by atoms with E-state index in [0.717, 1.165) is 25.2 Å². The van der Waals surface area contributed by atoms with Gasteiger partial charge in [-0.15, -0.1) is 0 Å². The van der Waals surface area contributed by atoms with Crippen LogP contribution in [0.25, 0.3) is 0 Å². The number of aromatic nitrogens is 1. The van der Waals surface area contributed by atoms with Crippen LogP contribution < -0.4 is 5.32 Å². The molecule has 1 aromatic rings. The second-order valence-corrected chi connectivity index (χ2v) is 3.72. The zero-order valence-electron chi connectivity index (χ0n) is 8.20. The number of aliphatic hydroxyl groups excluding tert-OH is 1. The lowest BCUT2D eigenvalue weighted by Gasteiger charge is -2.06. The van der Waals surface area contributed by atoms with Crippen LogP contribution in [-0.4, -0.2) is 22.7 Å². The minimum Gasteiger partial charge on any atom is -0.393 e. The van der Waals surface area contributed by atoms with E-state index < -0.39 is 0 Å². The van der Waals surface area contributed by atoms with Crippen LogP contribution in [0.3, 0.4) is 0 Å². The molecule has 0 spiro atoms. The number of hydrogen-bond donors (Lipinski definition) is 2. The molecule has 14 heavy (non-hydrogen) atoms. The summed E-state index contributed by atoms with van der Waals surface area (Å²) >= 11 is 5.69. The molecule has 2 N–H and O–H groups in total. The summed E-state index contributed by atoms with van der Waals surface area (Å²) in [4.78, 5) is 4.09. The second kappa shape index (κ2) is 5.83. The van der Waals surface area contributed by atoms with Crippen molar-refractivity contribution in [3.8, 4) is 0 Å². The molecule has 0 aromatic carbocycles. The average molecular weight is 215 g/mol. The summed E-state index contributed by atoms with van der Waals surface area (Å²) in [5.74, 6) is 0.819. The van der Waals surface area contributed by atoms with Gasteiger partial charge in [-0.3, -0.25) is 0 Å². The van der Waals surface area contributed by atoms with Crippen LogP contribution in [0.1, 0.15) is 19.8 Å². The Balaban J connectivity index is 2.21. The average Bonchev–Trinajstić information content (AvgIpc) is 2.15. The van der Waals surface area contributed by atoms with E-state index >= 15 is 0 Å². The van der Waals surface area contributed by atoms with E-state index in [1.165, 1.54) is 0 Å². The van der Waals surface area contributed by atoms with Crippen LogP contribution in [0, 0.1) is 0 Å². The fourth-order valence-corrected chi connectivity index (χ4v) is 1.21. The molecule has 3 nitrogen and oxygen atoms in total. The van der Waals surface area contributed by atoms with Crippen LogP contribution in [0.4, 0.5) is 5.82 Å². The molecule has 1 aromatic heterocycles. The van der Waals surface area contributed by atoms with Gasteiger partial charge in [0.05, 0.1) is 11.1 Å². The summed E-state index contributed by atoms with van der Waals surface area (Å²) in [7, 11) is 0. The van der Waals surface area contributed by atoms with E-state index in [-0.39, 0.29) is 6.10 Å². The van der Waals surface area contributed by atoms with E-state index in [9.17, 15) is 0 Å². The predicted octanol–water partition coefficient (Wildman–Crippen LogP) is 2.31. The van der Waals surface area contributed by atoms with Crippen molar-refractivity contribution in [1.29, 1.82) is 0 Å². The topological polar surface area (TPSA) is 45.1 Å². The van der Waals surface area contributed by atoms with Crippen molar-refractivity contribution in [2.75, 3.05) is 11.9 Å². The first-order chi connectivity index (χ1) is 6.68. The van der Waals surface area contributed by atoms with Gasteiger partial charge < -0.3 is 10.4 Å². The number of halogens is 1. The van der Waals surface area contributed by atoms with E-state index in [1.54, 1.807) is 19.2 Å². The van der Waals surface area contributed by atoms with Gasteiger partial charge in [-0.05, 0) is 31.9 Å². The number of anilines is 1. The van der Waals surface area contributed by atoms with Gasteiger partial charge in [0.25, 0.3) is 0 Å². The highest BCUT2D eigenvalue weighted by Crippen LogP contribution is 2.09. The smallest absolute Gasteiger partial charge is 0.125 e. The van der Waals surface area contributed by atoms with Crippen molar-refractivity contribution < 1.29 is 5.11 Å². The first-order valence-electron chi connectivity index (χ1n) is 4.72. The van der Waals surface area contributed by atoms with Crippen molar-refractivity contribution in [2.45, 2.75) is 25.9 Å². The number of pyridine rings is 1. The summed E-state index contributed by atoms with van der Waals surface area (Å²) in [6.07, 6.45) is 3.12. The van der Waals surface area contributed by atoms with Crippen LogP contribution in [0.15, 0.2) is 18.3 Å². The third-order valence-corrected chi connectivity index (χ3v) is 2.06. The minimum absolute atomic E-state index is 0.227. The largest absolute Gasteiger partial charge is 0.393 e. The molecule has 0 saturated carbocycles. The summed E-state index contributed by atoms with van der Waals surface area (Å²) in [5, 5.41) is 12.8. The van der Waals surface area contributed by atoms with Gasteiger partial charge in [0.1, 0.15) is 5.82 Å². The lowest BCUT2D eigenvalue weighted by atomic mass is 10.2. The molecule has 0 aliphatic heterocycles. The summed E-state index contributed by atoms with van der Waals surface area (Å²) in [6, 6.07) is 3.64. The highest BCUT2D eigenvalue weighted by Gasteiger charge is 1.96. The van der Waals surface area contributed by atoms with Gasteiger partial charge >= 0.3 is 0 Å². The number of aliphatic hydroxyl groups is 1. The van der Waals surface area contributed by atoms with Crippen LogP contribution in [-0.2, 0) is 0 Å². The fourth-order valence-electron chi connectivity index (χ4n) is 1.09. The molecule has 0 fully saturated rings. The summed E-state index contributed by atoms with van der Waals surface area (Å²) in [6.45, 7) is 2.61. The molecule has 1 heterocycles. The third-order valence-electron chi connectivity index (χ3n) is 1.83. The van der Waals surface area contributed by atoms with Crippen molar-refractivity contribution in [3.05, 3.63) is 23.4 Å². The van der Waals surface area contributed by atoms with Gasteiger partial charge in [-0.1, -0.05) is 11.6 Å². The SMILES string of the molecule is CC(O)CCCNc1ccc(Cl)cn1. The lowest BCUT2D eigenvalue weighted by molar-refractivity contribution is 0.183. The molecule has 4 heteroatoms. The first-order valence-corrected chi connectivity index (χ1v) is 5.10. The van der Waals surface area contributed by atoms with Gasteiger partial charge in [-0.2, -0.15) is 0 Å². The molecule has 1 atom stereocenters. The Labute approximate surface area is 89.1 Å². The Morgan fingerprint density at radius 3 is 2.93 bits per heavy atom. The molecule has 0 saturated heterocycles. The monoisotopic (exact) mass is 214 g/mol. The molecule has 0 amide bonds. The number of rotatable bonds is 5. The Morgan fingerprint density at radius 2 is 2.36 bits per heavy atom. The molecule has 0 bridgehead atoms. The molecule has 0 aliphatic rings. The maximum Gasteiger partial charge on any atom is 0.125 e. The first kappa shape index (κ1) is 11.3. The van der Waals surface area contributed by atoms with Gasteiger partial charge in [0.2, 0.25) is 0 Å². The van der Waals surface area contributed by atoms with Crippen LogP contribution in [0.2, 0.25) is 5.02 Å². The van der Waals surface area contributed by atoms with Crippen LogP contribution in [0.5, 0.6) is 0 Å². The van der Waals surface area contributed by atoms with Gasteiger partial charge in [-0.25, -0.2) is 4.98 Å². The van der Waals surface area contributed by atoms with E-state index in [1.807, 2.05) is 6.07 Å². The molecule has 78 valence electrons. The predicted molar refractivity (Wildman–Crippen MR) is 58.7 cm³/mol.